The SMILES string of the molecule is N=C(CO)N(N)Cc1ccccc1. The number of amidine groups is 1. The van der Waals surface area contributed by atoms with Crippen LogP contribution in [0.2, 0.25) is 0 Å². The van der Waals surface area contributed by atoms with Gasteiger partial charge in [0.1, 0.15) is 12.4 Å². The second-order valence-corrected chi connectivity index (χ2v) is 2.72. The van der Waals surface area contributed by atoms with Crippen LogP contribution in [0.4, 0.5) is 0 Å². The summed E-state index contributed by atoms with van der Waals surface area (Å²) >= 11 is 0. The molecule has 0 aromatic heterocycles. The van der Waals surface area contributed by atoms with Crippen LogP contribution >= 0.6 is 0 Å². The summed E-state index contributed by atoms with van der Waals surface area (Å²) in [6, 6.07) is 9.58. The fourth-order valence-corrected chi connectivity index (χ4v) is 0.966. The number of hydrazine groups is 1. The molecule has 0 amide bonds. The Morgan fingerprint density at radius 2 is 2.00 bits per heavy atom. The summed E-state index contributed by atoms with van der Waals surface area (Å²) in [4.78, 5) is 0. The van der Waals surface area contributed by atoms with Gasteiger partial charge < -0.3 is 5.11 Å². The molecule has 0 saturated heterocycles. The van der Waals surface area contributed by atoms with E-state index in [0.29, 0.717) is 6.54 Å². The van der Waals surface area contributed by atoms with Gasteiger partial charge in [-0.2, -0.15) is 0 Å². The van der Waals surface area contributed by atoms with Crippen molar-refractivity contribution in [3.63, 3.8) is 0 Å². The molecule has 1 rings (SSSR count). The molecule has 70 valence electrons. The number of hydrogen-bond acceptors (Lipinski definition) is 3. The van der Waals surface area contributed by atoms with Crippen molar-refractivity contribution in [1.29, 1.82) is 5.41 Å². The summed E-state index contributed by atoms with van der Waals surface area (Å²) < 4.78 is 0. The minimum Gasteiger partial charge on any atom is -0.388 e. The summed E-state index contributed by atoms with van der Waals surface area (Å²) in [5.41, 5.74) is 1.02. The highest BCUT2D eigenvalue weighted by Crippen LogP contribution is 2.00. The van der Waals surface area contributed by atoms with E-state index in [9.17, 15) is 0 Å². The monoisotopic (exact) mass is 179 g/mol. The molecule has 0 fully saturated rings. The number of nitrogens with zero attached hydrogens (tertiary/aromatic N) is 1. The van der Waals surface area contributed by atoms with Gasteiger partial charge in [0, 0.05) is 0 Å². The molecule has 0 heterocycles. The summed E-state index contributed by atoms with van der Waals surface area (Å²) in [6.07, 6.45) is 0. The largest absolute Gasteiger partial charge is 0.388 e. The number of aliphatic hydroxyl groups is 1. The topological polar surface area (TPSA) is 73.3 Å². The molecular formula is C9H13N3O. The van der Waals surface area contributed by atoms with Crippen molar-refractivity contribution in [2.75, 3.05) is 6.61 Å². The molecule has 4 nitrogen and oxygen atoms in total. The lowest BCUT2D eigenvalue weighted by atomic mass is 10.2. The minimum atomic E-state index is -0.330. The van der Waals surface area contributed by atoms with Crippen molar-refractivity contribution < 1.29 is 5.11 Å². The highest BCUT2D eigenvalue weighted by Gasteiger charge is 2.03. The van der Waals surface area contributed by atoms with Gasteiger partial charge in [0.2, 0.25) is 0 Å². The number of hydrogen-bond donors (Lipinski definition) is 3. The van der Waals surface area contributed by atoms with Crippen molar-refractivity contribution in [3.05, 3.63) is 35.9 Å². The van der Waals surface area contributed by atoms with Crippen molar-refractivity contribution >= 4 is 5.84 Å². The summed E-state index contributed by atoms with van der Waals surface area (Å²) in [5, 5.41) is 17.1. The van der Waals surface area contributed by atoms with E-state index < -0.39 is 0 Å². The van der Waals surface area contributed by atoms with E-state index in [1.165, 1.54) is 5.01 Å². The van der Waals surface area contributed by atoms with Crippen molar-refractivity contribution in [2.24, 2.45) is 5.84 Å². The lowest BCUT2D eigenvalue weighted by Gasteiger charge is -2.17. The third-order valence-corrected chi connectivity index (χ3v) is 1.69. The van der Waals surface area contributed by atoms with Gasteiger partial charge in [0.25, 0.3) is 0 Å². The van der Waals surface area contributed by atoms with Crippen LogP contribution in [0.3, 0.4) is 0 Å². The lowest BCUT2D eigenvalue weighted by Crippen LogP contribution is -2.38. The van der Waals surface area contributed by atoms with Crippen LogP contribution in [0.1, 0.15) is 5.56 Å². The van der Waals surface area contributed by atoms with Crippen LogP contribution in [-0.4, -0.2) is 22.6 Å². The lowest BCUT2D eigenvalue weighted by molar-refractivity contribution is 0.317. The molecule has 13 heavy (non-hydrogen) atoms. The fraction of sp³-hybridized carbons (Fsp3) is 0.222. The number of nitrogens with two attached hydrogens (primary N) is 1. The molecule has 0 spiro atoms. The van der Waals surface area contributed by atoms with Crippen molar-refractivity contribution in [2.45, 2.75) is 6.54 Å². The zero-order chi connectivity index (χ0) is 9.68. The van der Waals surface area contributed by atoms with E-state index in [0.717, 1.165) is 5.56 Å². The first-order valence-electron chi connectivity index (χ1n) is 3.98. The van der Waals surface area contributed by atoms with Gasteiger partial charge in [0.15, 0.2) is 0 Å². The molecule has 0 unspecified atom stereocenters. The normalized spacial score (nSPS) is 9.69. The number of nitrogens with one attached hydrogen (secondary N) is 1. The van der Waals surface area contributed by atoms with Gasteiger partial charge in [-0.25, -0.2) is 5.84 Å². The number of aliphatic hydroxyl groups excluding tert-OH is 1. The number of rotatable bonds is 3. The average Bonchev–Trinajstić information content (AvgIpc) is 2.18. The second-order valence-electron chi connectivity index (χ2n) is 2.72. The maximum atomic E-state index is 8.64. The predicted molar refractivity (Wildman–Crippen MR) is 51.0 cm³/mol. The van der Waals surface area contributed by atoms with Crippen LogP contribution in [0.25, 0.3) is 0 Å². The van der Waals surface area contributed by atoms with Gasteiger partial charge in [-0.3, -0.25) is 10.4 Å². The van der Waals surface area contributed by atoms with Crippen molar-refractivity contribution in [1.82, 2.24) is 5.01 Å². The molecule has 0 atom stereocenters. The zero-order valence-corrected chi connectivity index (χ0v) is 7.27. The Balaban J connectivity index is 2.55. The summed E-state index contributed by atoms with van der Waals surface area (Å²) in [7, 11) is 0. The second kappa shape index (κ2) is 4.59. The molecule has 1 aromatic carbocycles. The molecule has 4 N–H and O–H groups in total. The molecule has 0 bridgehead atoms. The van der Waals surface area contributed by atoms with Gasteiger partial charge in [-0.05, 0) is 5.56 Å². The van der Waals surface area contributed by atoms with Gasteiger partial charge in [0.05, 0.1) is 6.54 Å². The molecule has 1 aromatic rings. The molecule has 0 aliphatic carbocycles. The van der Waals surface area contributed by atoms with E-state index in [2.05, 4.69) is 0 Å². The summed E-state index contributed by atoms with van der Waals surface area (Å²) in [5.74, 6) is 5.53. The standard InChI is InChI=1S/C9H13N3O/c10-9(7-13)12(11)6-8-4-2-1-3-5-8/h1-5,10,13H,6-7,11H2. The first-order valence-corrected chi connectivity index (χ1v) is 3.98. The van der Waals surface area contributed by atoms with Crippen LogP contribution in [0.5, 0.6) is 0 Å². The van der Waals surface area contributed by atoms with Crippen molar-refractivity contribution in [3.8, 4) is 0 Å². The molecule has 0 radical (unpaired) electrons. The first kappa shape index (κ1) is 9.70. The van der Waals surface area contributed by atoms with Gasteiger partial charge >= 0.3 is 0 Å². The third-order valence-electron chi connectivity index (χ3n) is 1.69. The molecular weight excluding hydrogens is 166 g/mol. The van der Waals surface area contributed by atoms with Crippen LogP contribution in [0, 0.1) is 5.41 Å². The minimum absolute atomic E-state index is 0.0175. The van der Waals surface area contributed by atoms with Gasteiger partial charge in [-0.15, -0.1) is 0 Å². The molecule has 0 aliphatic rings. The summed E-state index contributed by atoms with van der Waals surface area (Å²) in [6.45, 7) is 0.115. The molecule has 0 aliphatic heterocycles. The first-order chi connectivity index (χ1) is 6.24. The van der Waals surface area contributed by atoms with E-state index in [1.54, 1.807) is 0 Å². The quantitative estimate of drug-likeness (QED) is 0.271. The highest BCUT2D eigenvalue weighted by atomic mass is 16.3. The Kier molecular flexibility index (Phi) is 3.42. The Labute approximate surface area is 77.1 Å². The third kappa shape index (κ3) is 2.85. The van der Waals surface area contributed by atoms with Gasteiger partial charge in [-0.1, -0.05) is 30.3 Å². The van der Waals surface area contributed by atoms with Crippen LogP contribution < -0.4 is 5.84 Å². The van der Waals surface area contributed by atoms with Crippen LogP contribution in [0.15, 0.2) is 30.3 Å². The maximum absolute atomic E-state index is 8.64. The van der Waals surface area contributed by atoms with E-state index in [1.807, 2.05) is 30.3 Å². The van der Waals surface area contributed by atoms with E-state index in [-0.39, 0.29) is 12.4 Å². The smallest absolute Gasteiger partial charge is 0.137 e. The Morgan fingerprint density at radius 1 is 1.38 bits per heavy atom. The highest BCUT2D eigenvalue weighted by molar-refractivity contribution is 5.79. The van der Waals surface area contributed by atoms with Crippen LogP contribution in [-0.2, 0) is 6.54 Å². The number of benzene rings is 1. The fourth-order valence-electron chi connectivity index (χ4n) is 0.966. The Bertz CT molecular complexity index is 273. The Hall–Kier alpha value is -1.39. The van der Waals surface area contributed by atoms with E-state index in [4.69, 9.17) is 16.4 Å². The van der Waals surface area contributed by atoms with E-state index >= 15 is 0 Å². The molecule has 0 saturated carbocycles. The predicted octanol–water partition coefficient (Wildman–Crippen LogP) is 0.332. The Morgan fingerprint density at radius 3 is 2.54 bits per heavy atom. The maximum Gasteiger partial charge on any atom is 0.137 e. The molecule has 4 heteroatoms. The zero-order valence-electron chi connectivity index (χ0n) is 7.27. The average molecular weight is 179 g/mol.